The number of ether oxygens (including phenoxy) is 1. The van der Waals surface area contributed by atoms with Crippen molar-refractivity contribution in [3.05, 3.63) is 29.8 Å². The smallest absolute Gasteiger partial charge is 0.241 e. The number of piperidine rings is 1. The number of hydrogen-bond donors (Lipinski definition) is 0. The van der Waals surface area contributed by atoms with Crippen molar-refractivity contribution in [1.29, 1.82) is 0 Å². The Kier molecular flexibility index (Phi) is 5.81. The Morgan fingerprint density at radius 3 is 2.57 bits per heavy atom. The number of methoxy groups -OCH3 is 1. The van der Waals surface area contributed by atoms with Crippen molar-refractivity contribution < 1.29 is 17.9 Å². The minimum absolute atomic E-state index is 0.0306. The second-order valence-corrected chi connectivity index (χ2v) is 8.41. The molecule has 2 unspecified atom stereocenters. The van der Waals surface area contributed by atoms with E-state index in [9.17, 15) is 13.2 Å². The molecule has 0 bridgehead atoms. The van der Waals surface area contributed by atoms with E-state index >= 15 is 0 Å². The lowest BCUT2D eigenvalue weighted by atomic mass is 10.0. The fourth-order valence-electron chi connectivity index (χ4n) is 2.95. The number of aryl methyl sites for hydroxylation is 1. The third-order valence-electron chi connectivity index (χ3n) is 4.43. The zero-order chi connectivity index (χ0) is 17.0. The summed E-state index contributed by atoms with van der Waals surface area (Å²) in [4.78, 5) is 14.6. The van der Waals surface area contributed by atoms with Gasteiger partial charge in [0.15, 0.2) is 9.84 Å². The van der Waals surface area contributed by atoms with Gasteiger partial charge in [0.25, 0.3) is 0 Å². The number of carbonyl (C=O) groups is 1. The second-order valence-electron chi connectivity index (χ2n) is 6.14. The minimum Gasteiger partial charge on any atom is -0.383 e. The maximum absolute atomic E-state index is 12.8. The molecule has 6 heteroatoms. The van der Waals surface area contributed by atoms with E-state index in [1.807, 2.05) is 6.92 Å². The average Bonchev–Trinajstić information content (AvgIpc) is 2.54. The molecule has 23 heavy (non-hydrogen) atoms. The summed E-state index contributed by atoms with van der Waals surface area (Å²) in [7, 11) is -2.07. The van der Waals surface area contributed by atoms with E-state index in [4.69, 9.17) is 4.74 Å². The molecular formula is C17H25NO4S. The van der Waals surface area contributed by atoms with Gasteiger partial charge in [-0.05, 0) is 45.2 Å². The Labute approximate surface area is 138 Å². The van der Waals surface area contributed by atoms with Crippen LogP contribution in [0.2, 0.25) is 0 Å². The minimum atomic E-state index is -3.67. The first-order valence-corrected chi connectivity index (χ1v) is 9.52. The summed E-state index contributed by atoms with van der Waals surface area (Å²) in [6.45, 7) is 4.42. The van der Waals surface area contributed by atoms with Gasteiger partial charge < -0.3 is 9.64 Å². The lowest BCUT2D eigenvalue weighted by Crippen LogP contribution is -2.50. The van der Waals surface area contributed by atoms with Crippen LogP contribution in [0.25, 0.3) is 0 Å². The van der Waals surface area contributed by atoms with Gasteiger partial charge in [0, 0.05) is 13.7 Å². The highest BCUT2D eigenvalue weighted by Crippen LogP contribution is 2.23. The van der Waals surface area contributed by atoms with Crippen LogP contribution >= 0.6 is 0 Å². The maximum atomic E-state index is 12.8. The zero-order valence-corrected chi connectivity index (χ0v) is 14.8. The Morgan fingerprint density at radius 1 is 1.30 bits per heavy atom. The van der Waals surface area contributed by atoms with Crippen molar-refractivity contribution >= 4 is 15.7 Å². The first kappa shape index (κ1) is 17.9. The predicted octanol–water partition coefficient (Wildman–Crippen LogP) is 2.18. The van der Waals surface area contributed by atoms with Gasteiger partial charge in [-0.2, -0.15) is 0 Å². The lowest BCUT2D eigenvalue weighted by Gasteiger charge is -2.36. The quantitative estimate of drug-likeness (QED) is 0.825. The third-order valence-corrected chi connectivity index (χ3v) is 6.49. The zero-order valence-electron chi connectivity index (χ0n) is 14.0. The van der Waals surface area contributed by atoms with E-state index in [1.54, 1.807) is 36.3 Å². The maximum Gasteiger partial charge on any atom is 0.241 e. The highest BCUT2D eigenvalue weighted by molar-refractivity contribution is 7.92. The van der Waals surface area contributed by atoms with Crippen molar-refractivity contribution in [3.8, 4) is 0 Å². The van der Waals surface area contributed by atoms with Gasteiger partial charge in [-0.25, -0.2) is 8.42 Å². The fourth-order valence-corrected chi connectivity index (χ4v) is 4.28. The van der Waals surface area contributed by atoms with Crippen LogP contribution in [-0.4, -0.2) is 50.8 Å². The van der Waals surface area contributed by atoms with Crippen molar-refractivity contribution in [3.63, 3.8) is 0 Å². The normalized spacial score (nSPS) is 20.3. The number of rotatable bonds is 5. The van der Waals surface area contributed by atoms with Crippen LogP contribution in [-0.2, 0) is 19.4 Å². The van der Waals surface area contributed by atoms with E-state index in [2.05, 4.69) is 0 Å². The van der Waals surface area contributed by atoms with E-state index < -0.39 is 15.1 Å². The van der Waals surface area contributed by atoms with Gasteiger partial charge in [-0.15, -0.1) is 0 Å². The molecule has 2 atom stereocenters. The molecule has 1 aromatic rings. The summed E-state index contributed by atoms with van der Waals surface area (Å²) < 4.78 is 30.6. The number of sulfone groups is 1. The van der Waals surface area contributed by atoms with E-state index in [1.165, 1.54) is 6.92 Å². The van der Waals surface area contributed by atoms with Crippen LogP contribution in [0.4, 0.5) is 0 Å². The molecule has 2 rings (SSSR count). The average molecular weight is 339 g/mol. The summed E-state index contributed by atoms with van der Waals surface area (Å²) in [6, 6.07) is 6.60. The first-order chi connectivity index (χ1) is 10.9. The Balaban J connectivity index is 2.21. The van der Waals surface area contributed by atoms with E-state index in [-0.39, 0.29) is 16.8 Å². The molecule has 0 radical (unpaired) electrons. The Morgan fingerprint density at radius 2 is 1.96 bits per heavy atom. The molecule has 0 N–H and O–H groups in total. The van der Waals surface area contributed by atoms with E-state index in [0.717, 1.165) is 24.8 Å². The molecule has 128 valence electrons. The number of carbonyl (C=O) groups excluding carboxylic acids is 1. The SMILES string of the molecule is COCC1CCCCN1C(=O)C(C)S(=O)(=O)c1ccc(C)cc1. The molecule has 0 aliphatic carbocycles. The molecule has 1 saturated heterocycles. The monoisotopic (exact) mass is 339 g/mol. The van der Waals surface area contributed by atoms with Gasteiger partial charge in [-0.3, -0.25) is 4.79 Å². The first-order valence-electron chi connectivity index (χ1n) is 7.98. The van der Waals surface area contributed by atoms with Crippen molar-refractivity contribution in [2.24, 2.45) is 0 Å². The highest BCUT2D eigenvalue weighted by atomic mass is 32.2. The molecule has 5 nitrogen and oxygen atoms in total. The molecule has 1 aliphatic heterocycles. The van der Waals surface area contributed by atoms with Crippen LogP contribution in [0, 0.1) is 6.92 Å². The largest absolute Gasteiger partial charge is 0.383 e. The number of nitrogens with zero attached hydrogens (tertiary/aromatic N) is 1. The van der Waals surface area contributed by atoms with Crippen LogP contribution in [0.15, 0.2) is 29.2 Å². The molecule has 0 saturated carbocycles. The van der Waals surface area contributed by atoms with Gasteiger partial charge >= 0.3 is 0 Å². The van der Waals surface area contributed by atoms with E-state index in [0.29, 0.717) is 13.2 Å². The molecular weight excluding hydrogens is 314 g/mol. The second kappa shape index (κ2) is 7.45. The molecule has 0 aromatic heterocycles. The third kappa shape index (κ3) is 3.93. The van der Waals surface area contributed by atoms with Crippen molar-refractivity contribution in [2.45, 2.75) is 49.3 Å². The van der Waals surface area contributed by atoms with Gasteiger partial charge in [0.05, 0.1) is 17.5 Å². The number of benzene rings is 1. The van der Waals surface area contributed by atoms with Crippen LogP contribution in [0.1, 0.15) is 31.7 Å². The number of amides is 1. The lowest BCUT2D eigenvalue weighted by molar-refractivity contribution is -0.135. The fraction of sp³-hybridized carbons (Fsp3) is 0.588. The molecule has 0 spiro atoms. The van der Waals surface area contributed by atoms with Gasteiger partial charge in [0.2, 0.25) is 5.91 Å². The van der Waals surface area contributed by atoms with Crippen molar-refractivity contribution in [2.75, 3.05) is 20.3 Å². The predicted molar refractivity (Wildman–Crippen MR) is 89.1 cm³/mol. The number of hydrogen-bond acceptors (Lipinski definition) is 4. The summed E-state index contributed by atoms with van der Waals surface area (Å²) in [5, 5.41) is -1.08. The van der Waals surface area contributed by atoms with Crippen molar-refractivity contribution in [1.82, 2.24) is 4.90 Å². The Bertz CT molecular complexity index is 637. The topological polar surface area (TPSA) is 63.7 Å². The Hall–Kier alpha value is -1.40. The van der Waals surface area contributed by atoms with Gasteiger partial charge in [-0.1, -0.05) is 17.7 Å². The number of likely N-dealkylation sites (tertiary alicyclic amines) is 1. The van der Waals surface area contributed by atoms with Crippen LogP contribution in [0.5, 0.6) is 0 Å². The molecule has 1 aromatic carbocycles. The summed E-state index contributed by atoms with van der Waals surface area (Å²) in [5.41, 5.74) is 0.985. The molecule has 1 aliphatic rings. The molecule has 1 fully saturated rings. The van der Waals surface area contributed by atoms with Crippen LogP contribution < -0.4 is 0 Å². The molecule has 1 heterocycles. The standard InChI is InChI=1S/C17H25NO4S/c1-13-7-9-16(10-8-13)23(20,21)14(2)17(19)18-11-5-4-6-15(18)12-22-3/h7-10,14-15H,4-6,11-12H2,1-3H3. The molecule has 1 amide bonds. The highest BCUT2D eigenvalue weighted by Gasteiger charge is 2.36. The van der Waals surface area contributed by atoms with Gasteiger partial charge in [0.1, 0.15) is 5.25 Å². The van der Waals surface area contributed by atoms with Crippen LogP contribution in [0.3, 0.4) is 0 Å². The summed E-state index contributed by atoms with van der Waals surface area (Å²) in [5.74, 6) is -0.327. The summed E-state index contributed by atoms with van der Waals surface area (Å²) >= 11 is 0. The summed E-state index contributed by atoms with van der Waals surface area (Å²) in [6.07, 6.45) is 2.80.